The molecule has 80 valence electrons. The van der Waals surface area contributed by atoms with Crippen molar-refractivity contribution < 1.29 is 15.3 Å². The molecule has 13 heavy (non-hydrogen) atoms. The average molecular weight is 433 g/mol. The fourth-order valence-electron chi connectivity index (χ4n) is 0. The Morgan fingerprint density at radius 2 is 0.538 bits per heavy atom. The summed E-state index contributed by atoms with van der Waals surface area (Å²) in [5.74, 6) is 0. The van der Waals surface area contributed by atoms with E-state index in [1.807, 2.05) is 0 Å². The summed E-state index contributed by atoms with van der Waals surface area (Å²) in [6.07, 6.45) is 0. The smallest absolute Gasteiger partial charge is 0.0689 e. The summed E-state index contributed by atoms with van der Waals surface area (Å²) in [5, 5.41) is 44.2. The molecular formula is CmN3O9-3. The summed E-state index contributed by atoms with van der Waals surface area (Å²) in [5.41, 5.74) is 0. The summed E-state index contributed by atoms with van der Waals surface area (Å²) in [6, 6.07) is 0. The van der Waals surface area contributed by atoms with E-state index in [4.69, 9.17) is 46.0 Å². The molecule has 0 radical (unpaired) electrons. The van der Waals surface area contributed by atoms with Crippen molar-refractivity contribution >= 4 is 0 Å². The molecule has 0 aromatic rings. The van der Waals surface area contributed by atoms with E-state index < -0.39 is 15.3 Å². The van der Waals surface area contributed by atoms with Crippen molar-refractivity contribution in [2.45, 2.75) is 0 Å². The minimum atomic E-state index is -1.75. The minimum absolute atomic E-state index is 0. The molecule has 0 fully saturated rings. The van der Waals surface area contributed by atoms with Gasteiger partial charge in [0.05, 0.1) is 15.3 Å². The molecule has 0 heterocycles. The Hall–Kier alpha value is -3.40. The van der Waals surface area contributed by atoms with Crippen LogP contribution in [0.2, 0.25) is 0 Å². The Labute approximate surface area is 62.6 Å². The Bertz CT molecular complexity index is 112. The quantitative estimate of drug-likeness (QED) is 0.349. The van der Waals surface area contributed by atoms with Crippen LogP contribution >= 0.6 is 0 Å². The molecule has 0 aliphatic rings. The van der Waals surface area contributed by atoms with E-state index in [9.17, 15) is 0 Å². The standard InChI is InChI=1S/Cm.3NO3/c;3*2-1(3)4/q;3*-1. The minimum Gasteiger partial charge on any atom is -0.356 e. The molecule has 0 rings (SSSR count). The van der Waals surface area contributed by atoms with E-state index in [0.29, 0.717) is 0 Å². The fraction of sp³-hybridized carbons (Fsp3) is 0. The van der Waals surface area contributed by atoms with Crippen molar-refractivity contribution in [3.8, 4) is 0 Å². The van der Waals surface area contributed by atoms with Crippen molar-refractivity contribution in [1.82, 2.24) is 0 Å². The number of hydrogen-bond donors (Lipinski definition) is 0. The monoisotopic (exact) mass is 429 g/mol. The molecule has 0 saturated carbocycles. The third-order valence-electron chi connectivity index (χ3n) is 0. The maximum Gasteiger partial charge on any atom is 0.0689 e. The third kappa shape index (κ3) is 32.4. The van der Waals surface area contributed by atoms with Gasteiger partial charge in [-0.25, -0.2) is 0 Å². The van der Waals surface area contributed by atoms with Gasteiger partial charge in [0.2, 0.25) is 0 Å². The van der Waals surface area contributed by atoms with Crippen LogP contribution < -0.4 is 0 Å². The van der Waals surface area contributed by atoms with E-state index >= 15 is 0 Å². The van der Waals surface area contributed by atoms with E-state index in [1.165, 1.54) is 0 Å². The molecule has 0 amide bonds. The third-order valence-corrected chi connectivity index (χ3v) is 0. The molecule has 0 N–H and O–H groups in total. The number of nitrogens with zero attached hydrogens (tertiary/aromatic N) is 3. The van der Waals surface area contributed by atoms with Gasteiger partial charge in [0.15, 0.2) is 0 Å². The van der Waals surface area contributed by atoms with Gasteiger partial charge in [0.25, 0.3) is 0 Å². The zero-order valence-electron chi connectivity index (χ0n) is 5.37. The molecule has 0 aromatic heterocycles. The molecule has 0 aliphatic carbocycles. The van der Waals surface area contributed by atoms with Crippen molar-refractivity contribution in [2.75, 3.05) is 0 Å². The Balaban J connectivity index is -0.0000000450. The first-order chi connectivity index (χ1) is 5.20. The summed E-state index contributed by atoms with van der Waals surface area (Å²) >= 11 is 0. The Kier molecular flexibility index (Phi) is 27.6. The second-order valence-corrected chi connectivity index (χ2v) is 0.671. The Morgan fingerprint density at radius 3 is 0.538 bits per heavy atom. The molecule has 0 spiro atoms. The van der Waals surface area contributed by atoms with Gasteiger partial charge in [-0.2, -0.15) is 0 Å². The molecule has 0 unspecified atom stereocenters. The van der Waals surface area contributed by atoms with Crippen LogP contribution in [0.25, 0.3) is 0 Å². The van der Waals surface area contributed by atoms with E-state index in [0.717, 1.165) is 0 Å². The van der Waals surface area contributed by atoms with Crippen molar-refractivity contribution in [3.63, 3.8) is 0 Å². The maximum atomic E-state index is 8.25. The summed E-state index contributed by atoms with van der Waals surface area (Å²) < 4.78 is 0. The first-order valence-electron chi connectivity index (χ1n) is 1.64. The fourth-order valence-corrected chi connectivity index (χ4v) is 0. The van der Waals surface area contributed by atoms with Gasteiger partial charge in [-0.3, -0.25) is 0 Å². The normalized spacial score (nSPS) is 5.54. The van der Waals surface area contributed by atoms with Crippen LogP contribution in [0.5, 0.6) is 0 Å². The zero-order valence-corrected chi connectivity index (χ0v) is 8.31. The Morgan fingerprint density at radius 1 is 0.538 bits per heavy atom. The van der Waals surface area contributed by atoms with Crippen molar-refractivity contribution in [3.05, 3.63) is 46.0 Å². The molecule has 0 saturated heterocycles. The van der Waals surface area contributed by atoms with Gasteiger partial charge in [0.1, 0.15) is 0 Å². The van der Waals surface area contributed by atoms with Gasteiger partial charge < -0.3 is 46.0 Å². The van der Waals surface area contributed by atoms with Crippen LogP contribution in [0.1, 0.15) is 0 Å². The van der Waals surface area contributed by atoms with Crippen molar-refractivity contribution in [1.29, 1.82) is 0 Å². The summed E-state index contributed by atoms with van der Waals surface area (Å²) in [4.78, 5) is 24.8. The van der Waals surface area contributed by atoms with E-state index in [1.54, 1.807) is 0 Å². The van der Waals surface area contributed by atoms with Crippen LogP contribution in [0.3, 0.4) is 0 Å². The molecule has 12 nitrogen and oxygen atoms in total. The second kappa shape index (κ2) is 15.8. The predicted octanol–water partition coefficient (Wildman–Crippen LogP) is -0.717. The van der Waals surface area contributed by atoms with Gasteiger partial charge in [-0.05, 0) is 0 Å². The van der Waals surface area contributed by atoms with Gasteiger partial charge in [0, 0.05) is 0 Å². The number of hydrogen-bond acceptors (Lipinski definition) is 9. The van der Waals surface area contributed by atoms with Crippen LogP contribution in [-0.2, 0) is 0 Å². The topological polar surface area (TPSA) is 199 Å². The zero-order chi connectivity index (χ0) is 10.7. The van der Waals surface area contributed by atoms with Crippen LogP contribution in [0, 0.1) is 46.0 Å². The summed E-state index contributed by atoms with van der Waals surface area (Å²) in [7, 11) is 0. The van der Waals surface area contributed by atoms with Gasteiger partial charge >= 0.3 is 0 Å². The van der Waals surface area contributed by atoms with Crippen LogP contribution in [-0.4, -0.2) is 15.3 Å². The van der Waals surface area contributed by atoms with Crippen LogP contribution in [0.15, 0.2) is 0 Å². The van der Waals surface area contributed by atoms with E-state index in [2.05, 4.69) is 0 Å². The average Bonchev–Trinajstić information content (AvgIpc) is 1.54. The molecule has 0 aromatic carbocycles. The number of rotatable bonds is 0. The second-order valence-electron chi connectivity index (χ2n) is 0.671. The van der Waals surface area contributed by atoms with E-state index in [-0.39, 0.29) is 0 Å². The molecule has 13 heteroatoms. The molecule has 0 atom stereocenters. The molecule has 0 bridgehead atoms. The van der Waals surface area contributed by atoms with Gasteiger partial charge in [-0.1, -0.05) is 0 Å². The summed E-state index contributed by atoms with van der Waals surface area (Å²) in [6.45, 7) is 0. The molecular weight excluding hydrogens is 433 g/mol. The van der Waals surface area contributed by atoms with Gasteiger partial charge in [-0.15, -0.1) is 0 Å². The maximum absolute atomic E-state index is 8.25. The largest absolute Gasteiger partial charge is 0.356 e. The molecule has 0 aliphatic heterocycles. The SMILES string of the molecule is O=[N+]([O-])[O-].O=[N+]([O-])[O-].O=[N+]([O-])[O-].[Cm]. The first kappa shape index (κ1) is 22.6. The van der Waals surface area contributed by atoms with Crippen LogP contribution in [0.4, 0.5) is 0 Å². The van der Waals surface area contributed by atoms with Crippen molar-refractivity contribution in [2.24, 2.45) is 0 Å². The first-order valence-corrected chi connectivity index (χ1v) is 1.64. The predicted molar refractivity (Wildman–Crippen MR) is 31.1 cm³/mol.